The number of nitrogens with zero attached hydrogens (tertiary/aromatic N) is 4. The van der Waals surface area contributed by atoms with Crippen molar-refractivity contribution in [2.75, 3.05) is 0 Å². The van der Waals surface area contributed by atoms with Crippen LogP contribution in [0.2, 0.25) is 0 Å². The number of aromatic nitrogens is 3. The summed E-state index contributed by atoms with van der Waals surface area (Å²) in [5.41, 5.74) is 17.6. The van der Waals surface area contributed by atoms with Gasteiger partial charge in [0.15, 0.2) is 5.82 Å². The Hall–Kier alpha value is -8.52. The summed E-state index contributed by atoms with van der Waals surface area (Å²) in [6, 6.07) is 80.8. The third kappa shape index (κ3) is 6.70. The topological polar surface area (TPSA) is 62.5 Å². The van der Waals surface area contributed by atoms with E-state index in [0.717, 1.165) is 83.8 Å². The zero-order valence-corrected chi connectivity index (χ0v) is 34.2. The number of benzene rings is 8. The highest BCUT2D eigenvalue weighted by atomic mass is 14.9. The first-order chi connectivity index (χ1) is 31.2. The third-order valence-corrected chi connectivity index (χ3v) is 12.2. The molecule has 4 heteroatoms. The van der Waals surface area contributed by atoms with Gasteiger partial charge >= 0.3 is 0 Å². The van der Waals surface area contributed by atoms with Gasteiger partial charge in [0.2, 0.25) is 0 Å². The van der Waals surface area contributed by atoms with Crippen molar-refractivity contribution in [2.45, 2.75) is 5.41 Å². The van der Waals surface area contributed by atoms with E-state index in [1.54, 1.807) is 0 Å². The van der Waals surface area contributed by atoms with Gasteiger partial charge in [-0.3, -0.25) is 4.98 Å². The molecule has 1 aliphatic rings. The number of fused-ring (bicyclic) bond motifs is 3. The standard InChI is InChI=1S/C59H38N4/c60-39-40-24-30-51-52-31-29-45(37-54(52)59(53(51)33-40,49-19-9-3-10-20-49)50-21-11-4-12-22-50)46-34-47(55-23-13-14-32-61-55)36-48(35-46)57-38-56(62-58(63-57)44-17-7-2-8-18-44)43-27-25-42(26-28-43)41-15-5-1-6-16-41/h1-38H. The summed E-state index contributed by atoms with van der Waals surface area (Å²) in [5.74, 6) is 0.655. The summed E-state index contributed by atoms with van der Waals surface area (Å²) in [6.07, 6.45) is 1.84. The molecule has 0 amide bonds. The summed E-state index contributed by atoms with van der Waals surface area (Å²) in [4.78, 5) is 15.3. The molecular formula is C59H38N4. The van der Waals surface area contributed by atoms with E-state index in [1.807, 2.05) is 48.7 Å². The summed E-state index contributed by atoms with van der Waals surface area (Å²) in [6.45, 7) is 0. The van der Waals surface area contributed by atoms with Gasteiger partial charge in [0, 0.05) is 28.5 Å². The number of nitriles is 1. The Bertz CT molecular complexity index is 3270. The van der Waals surface area contributed by atoms with Crippen molar-refractivity contribution < 1.29 is 0 Å². The van der Waals surface area contributed by atoms with Crippen LogP contribution in [-0.4, -0.2) is 15.0 Å². The van der Waals surface area contributed by atoms with Crippen molar-refractivity contribution in [2.24, 2.45) is 0 Å². The molecule has 0 N–H and O–H groups in total. The Kier molecular flexibility index (Phi) is 9.41. The van der Waals surface area contributed by atoms with Crippen molar-refractivity contribution in [1.29, 1.82) is 5.26 Å². The van der Waals surface area contributed by atoms with Gasteiger partial charge in [-0.05, 0) is 110 Å². The molecule has 63 heavy (non-hydrogen) atoms. The molecule has 2 aromatic heterocycles. The Morgan fingerprint density at radius 2 is 0.841 bits per heavy atom. The van der Waals surface area contributed by atoms with Crippen LogP contribution in [0, 0.1) is 11.3 Å². The highest BCUT2D eigenvalue weighted by molar-refractivity contribution is 5.90. The quantitative estimate of drug-likeness (QED) is 0.153. The molecule has 0 bridgehead atoms. The Labute approximate surface area is 367 Å². The maximum Gasteiger partial charge on any atom is 0.160 e. The zero-order valence-electron chi connectivity index (χ0n) is 34.2. The Balaban J connectivity index is 1.12. The van der Waals surface area contributed by atoms with Crippen molar-refractivity contribution in [3.05, 3.63) is 258 Å². The molecule has 0 radical (unpaired) electrons. The number of hydrogen-bond acceptors (Lipinski definition) is 4. The van der Waals surface area contributed by atoms with Crippen molar-refractivity contribution in [1.82, 2.24) is 15.0 Å². The minimum Gasteiger partial charge on any atom is -0.256 e. The second-order valence-corrected chi connectivity index (χ2v) is 15.9. The average molecular weight is 803 g/mol. The predicted octanol–water partition coefficient (Wildman–Crippen LogP) is 14.1. The van der Waals surface area contributed by atoms with Crippen LogP contribution in [-0.2, 0) is 5.41 Å². The minimum absolute atomic E-state index is 0.636. The summed E-state index contributed by atoms with van der Waals surface area (Å²) in [5, 5.41) is 10.2. The molecule has 10 aromatic rings. The van der Waals surface area contributed by atoms with Crippen molar-refractivity contribution in [3.63, 3.8) is 0 Å². The van der Waals surface area contributed by atoms with Gasteiger partial charge in [-0.1, -0.05) is 170 Å². The monoisotopic (exact) mass is 802 g/mol. The SMILES string of the molecule is N#Cc1ccc2c(c1)C(c1ccccc1)(c1ccccc1)c1cc(-c3cc(-c4ccccn4)cc(-c4cc(-c5ccc(-c6ccccc6)cc5)nc(-c5ccccc5)n4)c3)ccc1-2. The average Bonchev–Trinajstić information content (AvgIpc) is 3.67. The van der Waals surface area contributed by atoms with Crippen LogP contribution < -0.4 is 0 Å². The molecule has 11 rings (SSSR count). The summed E-state index contributed by atoms with van der Waals surface area (Å²) in [7, 11) is 0. The van der Waals surface area contributed by atoms with E-state index < -0.39 is 5.41 Å². The Morgan fingerprint density at radius 1 is 0.349 bits per heavy atom. The van der Waals surface area contributed by atoms with Gasteiger partial charge in [0.05, 0.1) is 34.1 Å². The largest absolute Gasteiger partial charge is 0.256 e. The molecule has 0 saturated heterocycles. The smallest absolute Gasteiger partial charge is 0.160 e. The first-order valence-corrected chi connectivity index (χ1v) is 21.1. The van der Waals surface area contributed by atoms with E-state index in [4.69, 9.17) is 15.0 Å². The normalized spacial score (nSPS) is 12.2. The van der Waals surface area contributed by atoms with Gasteiger partial charge in [0.1, 0.15) is 0 Å². The maximum absolute atomic E-state index is 10.2. The van der Waals surface area contributed by atoms with Crippen LogP contribution in [0.25, 0.3) is 78.5 Å². The molecule has 1 aliphatic carbocycles. The van der Waals surface area contributed by atoms with E-state index in [-0.39, 0.29) is 0 Å². The fraction of sp³-hybridized carbons (Fsp3) is 0.0169. The van der Waals surface area contributed by atoms with Crippen LogP contribution in [0.15, 0.2) is 231 Å². The number of hydrogen-bond donors (Lipinski definition) is 0. The van der Waals surface area contributed by atoms with E-state index >= 15 is 0 Å². The molecule has 4 nitrogen and oxygen atoms in total. The molecule has 0 fully saturated rings. The third-order valence-electron chi connectivity index (χ3n) is 12.2. The first kappa shape index (κ1) is 37.5. The lowest BCUT2D eigenvalue weighted by Gasteiger charge is -2.34. The van der Waals surface area contributed by atoms with Crippen LogP contribution >= 0.6 is 0 Å². The minimum atomic E-state index is -0.667. The highest BCUT2D eigenvalue weighted by Crippen LogP contribution is 2.57. The second-order valence-electron chi connectivity index (χ2n) is 15.9. The van der Waals surface area contributed by atoms with Gasteiger partial charge in [-0.15, -0.1) is 0 Å². The first-order valence-electron chi connectivity index (χ1n) is 21.1. The van der Waals surface area contributed by atoms with E-state index in [1.165, 1.54) is 11.1 Å². The molecule has 0 aliphatic heterocycles. The zero-order chi connectivity index (χ0) is 42.2. The number of pyridine rings is 1. The van der Waals surface area contributed by atoms with Gasteiger partial charge in [0.25, 0.3) is 0 Å². The van der Waals surface area contributed by atoms with E-state index in [0.29, 0.717) is 11.4 Å². The van der Waals surface area contributed by atoms with Gasteiger partial charge in [-0.25, -0.2) is 9.97 Å². The lowest BCUT2D eigenvalue weighted by molar-refractivity contribution is 0.768. The van der Waals surface area contributed by atoms with Crippen LogP contribution in [0.3, 0.4) is 0 Å². The van der Waals surface area contributed by atoms with Crippen molar-refractivity contribution >= 4 is 0 Å². The number of rotatable bonds is 8. The Morgan fingerprint density at radius 3 is 1.46 bits per heavy atom. The molecule has 0 saturated carbocycles. The maximum atomic E-state index is 10.2. The van der Waals surface area contributed by atoms with Crippen LogP contribution in [0.4, 0.5) is 0 Å². The molecule has 0 spiro atoms. The summed E-state index contributed by atoms with van der Waals surface area (Å²) >= 11 is 0. The molecule has 294 valence electrons. The van der Waals surface area contributed by atoms with Crippen LogP contribution in [0.1, 0.15) is 27.8 Å². The fourth-order valence-electron chi connectivity index (χ4n) is 9.28. The van der Waals surface area contributed by atoms with E-state index in [2.05, 4.69) is 188 Å². The lowest BCUT2D eigenvalue weighted by atomic mass is 9.67. The van der Waals surface area contributed by atoms with Crippen LogP contribution in [0.5, 0.6) is 0 Å². The molecular weight excluding hydrogens is 765 g/mol. The van der Waals surface area contributed by atoms with E-state index in [9.17, 15) is 5.26 Å². The molecule has 0 unspecified atom stereocenters. The van der Waals surface area contributed by atoms with Gasteiger partial charge < -0.3 is 0 Å². The van der Waals surface area contributed by atoms with Crippen molar-refractivity contribution in [3.8, 4) is 84.6 Å². The summed E-state index contributed by atoms with van der Waals surface area (Å²) < 4.78 is 0. The lowest BCUT2D eigenvalue weighted by Crippen LogP contribution is -2.28. The second kappa shape index (κ2) is 15.8. The van der Waals surface area contributed by atoms with Gasteiger partial charge in [-0.2, -0.15) is 5.26 Å². The molecule has 0 atom stereocenters. The predicted molar refractivity (Wildman–Crippen MR) is 254 cm³/mol. The highest BCUT2D eigenvalue weighted by Gasteiger charge is 2.46. The molecule has 8 aromatic carbocycles. The fourth-order valence-corrected chi connectivity index (χ4v) is 9.28. The molecule has 2 heterocycles.